The molecule has 0 spiro atoms. The molecule has 170 valence electrons. The predicted molar refractivity (Wildman–Crippen MR) is 128 cm³/mol. The Hall–Kier alpha value is -2.39. The molecule has 0 unspecified atom stereocenters. The van der Waals surface area contributed by atoms with Crippen LogP contribution in [0.5, 0.6) is 0 Å². The number of hydrogen-bond acceptors (Lipinski definition) is 5. The second-order valence-electron chi connectivity index (χ2n) is 7.31. The smallest absolute Gasteiger partial charge is 0.246 e. The van der Waals surface area contributed by atoms with Crippen molar-refractivity contribution in [1.29, 1.82) is 0 Å². The van der Waals surface area contributed by atoms with Crippen LogP contribution in [0.4, 0.5) is 0 Å². The monoisotopic (exact) mass is 494 g/mol. The third kappa shape index (κ3) is 5.89. The third-order valence-electron chi connectivity index (χ3n) is 4.90. The van der Waals surface area contributed by atoms with Gasteiger partial charge in [0, 0.05) is 50.4 Å². The average Bonchev–Trinajstić information content (AvgIpc) is 3.30. The Morgan fingerprint density at radius 3 is 2.53 bits per heavy atom. The molecule has 1 aliphatic rings. The van der Waals surface area contributed by atoms with Crippen molar-refractivity contribution in [2.24, 2.45) is 4.99 Å². The minimum Gasteiger partial charge on any atom is -0.368 e. The van der Waals surface area contributed by atoms with Gasteiger partial charge >= 0.3 is 0 Å². The topological polar surface area (TPSA) is 82.1 Å². The fourth-order valence-electron chi connectivity index (χ4n) is 3.08. The van der Waals surface area contributed by atoms with Crippen molar-refractivity contribution in [2.75, 3.05) is 33.7 Å². The number of carbonyl (C=O) groups excluding carboxylic acids is 1. The molecule has 7 nitrogen and oxygen atoms in total. The summed E-state index contributed by atoms with van der Waals surface area (Å²) in [5, 5.41) is 3.58. The van der Waals surface area contributed by atoms with Crippen LogP contribution in [0.3, 0.4) is 0 Å². The molecule has 0 saturated heterocycles. The molecule has 0 atom stereocenters. The van der Waals surface area contributed by atoms with Crippen LogP contribution < -0.4 is 5.32 Å². The number of benzene rings is 2. The largest absolute Gasteiger partial charge is 0.368 e. The van der Waals surface area contributed by atoms with Gasteiger partial charge in [-0.1, -0.05) is 53.5 Å². The van der Waals surface area contributed by atoms with E-state index in [4.69, 9.17) is 23.2 Å². The van der Waals surface area contributed by atoms with Gasteiger partial charge in [-0.15, -0.1) is 0 Å². The van der Waals surface area contributed by atoms with Gasteiger partial charge in [-0.05, 0) is 23.8 Å². The maximum Gasteiger partial charge on any atom is 0.246 e. The Balaban J connectivity index is 1.56. The maximum atomic E-state index is 12.7. The summed E-state index contributed by atoms with van der Waals surface area (Å²) in [5.74, 6) is 0.657. The van der Waals surface area contributed by atoms with Crippen LogP contribution >= 0.6 is 23.2 Å². The van der Waals surface area contributed by atoms with E-state index in [0.29, 0.717) is 6.54 Å². The fraction of sp³-hybridized carbons (Fsp3) is 0.273. The van der Waals surface area contributed by atoms with E-state index in [9.17, 15) is 13.2 Å². The lowest BCUT2D eigenvalue weighted by molar-refractivity contribution is -0.125. The molecular formula is C22H24Cl2N4O3S. The van der Waals surface area contributed by atoms with E-state index < -0.39 is 10.0 Å². The van der Waals surface area contributed by atoms with Crippen molar-refractivity contribution in [2.45, 2.75) is 11.4 Å². The predicted octanol–water partition coefficient (Wildman–Crippen LogP) is 3.18. The fourth-order valence-corrected chi connectivity index (χ4v) is 4.94. The van der Waals surface area contributed by atoms with E-state index in [-0.39, 0.29) is 27.4 Å². The van der Waals surface area contributed by atoms with Gasteiger partial charge < -0.3 is 10.2 Å². The van der Waals surface area contributed by atoms with Gasteiger partial charge in [-0.3, -0.25) is 9.79 Å². The standard InChI is InChI=1S/C22H24Cl2N4O3S/c1-27(15-16-5-7-17(8-6-16)22-25-11-12-26-22)21(29)4-3-13-28(2)32(30,31)20-14-18(23)9-10-19(20)24/h3-10,14H,11-13,15H2,1-2H3,(H,25,26). The summed E-state index contributed by atoms with van der Waals surface area (Å²) in [5.41, 5.74) is 2.00. The van der Waals surface area contributed by atoms with E-state index >= 15 is 0 Å². The molecule has 0 saturated carbocycles. The number of hydrogen-bond donors (Lipinski definition) is 1. The molecule has 2 aromatic rings. The number of nitrogens with one attached hydrogen (secondary N) is 1. The minimum absolute atomic E-state index is 0.00850. The number of likely N-dealkylation sites (N-methyl/N-ethyl adjacent to an activating group) is 2. The highest BCUT2D eigenvalue weighted by atomic mass is 35.5. The van der Waals surface area contributed by atoms with Gasteiger partial charge in [0.15, 0.2) is 0 Å². The third-order valence-corrected chi connectivity index (χ3v) is 7.44. The summed E-state index contributed by atoms with van der Waals surface area (Å²) in [6.07, 6.45) is 2.86. The summed E-state index contributed by atoms with van der Waals surface area (Å²) < 4.78 is 26.5. The van der Waals surface area contributed by atoms with E-state index in [1.807, 2.05) is 24.3 Å². The van der Waals surface area contributed by atoms with E-state index in [1.54, 1.807) is 11.9 Å². The van der Waals surface area contributed by atoms with Crippen molar-refractivity contribution < 1.29 is 13.2 Å². The molecule has 0 radical (unpaired) electrons. The first-order valence-electron chi connectivity index (χ1n) is 9.89. The first-order valence-corrected chi connectivity index (χ1v) is 12.1. The zero-order valence-corrected chi connectivity index (χ0v) is 20.1. The van der Waals surface area contributed by atoms with Crippen molar-refractivity contribution in [1.82, 2.24) is 14.5 Å². The van der Waals surface area contributed by atoms with Gasteiger partial charge in [0.1, 0.15) is 10.7 Å². The number of amidine groups is 1. The lowest BCUT2D eigenvalue weighted by atomic mass is 10.1. The van der Waals surface area contributed by atoms with Gasteiger partial charge in [0.25, 0.3) is 0 Å². The molecule has 32 heavy (non-hydrogen) atoms. The summed E-state index contributed by atoms with van der Waals surface area (Å²) in [7, 11) is -0.741. The molecule has 2 aromatic carbocycles. The van der Waals surface area contributed by atoms with Crippen molar-refractivity contribution >= 4 is 45.0 Å². The van der Waals surface area contributed by atoms with E-state index in [2.05, 4.69) is 10.3 Å². The van der Waals surface area contributed by atoms with E-state index in [0.717, 1.165) is 34.4 Å². The Morgan fingerprint density at radius 1 is 1.16 bits per heavy atom. The molecule has 3 rings (SSSR count). The highest BCUT2D eigenvalue weighted by molar-refractivity contribution is 7.89. The number of aliphatic imine (C=N–C) groups is 1. The molecule has 10 heteroatoms. The molecule has 0 bridgehead atoms. The van der Waals surface area contributed by atoms with Crippen LogP contribution in [-0.4, -0.2) is 63.1 Å². The Bertz CT molecular complexity index is 1150. The van der Waals surface area contributed by atoms with Crippen molar-refractivity contribution in [3.63, 3.8) is 0 Å². The lowest BCUT2D eigenvalue weighted by Gasteiger charge is -2.17. The van der Waals surface area contributed by atoms with Gasteiger partial charge in [-0.2, -0.15) is 4.31 Å². The van der Waals surface area contributed by atoms with Crippen molar-refractivity contribution in [3.8, 4) is 0 Å². The molecule has 0 fully saturated rings. The quantitative estimate of drug-likeness (QED) is 0.571. The first kappa shape index (κ1) is 24.3. The number of amides is 1. The number of carbonyl (C=O) groups is 1. The number of nitrogens with zero attached hydrogens (tertiary/aromatic N) is 3. The van der Waals surface area contributed by atoms with Crippen LogP contribution in [0.25, 0.3) is 0 Å². The number of halogens is 2. The Kier molecular flexibility index (Phi) is 7.95. The average molecular weight is 495 g/mol. The lowest BCUT2D eigenvalue weighted by Crippen LogP contribution is -2.28. The molecule has 1 aliphatic heterocycles. The number of rotatable bonds is 8. The van der Waals surface area contributed by atoms with E-state index in [1.165, 1.54) is 37.4 Å². The highest BCUT2D eigenvalue weighted by Crippen LogP contribution is 2.27. The van der Waals surface area contributed by atoms with Crippen molar-refractivity contribution in [3.05, 3.63) is 75.8 Å². The number of sulfonamides is 1. The maximum absolute atomic E-state index is 12.7. The Labute approximate surface area is 198 Å². The van der Waals surface area contributed by atoms with Gasteiger partial charge in [0.2, 0.25) is 15.9 Å². The van der Waals surface area contributed by atoms with Gasteiger partial charge in [0.05, 0.1) is 11.6 Å². The molecule has 1 heterocycles. The summed E-state index contributed by atoms with van der Waals surface area (Å²) >= 11 is 11.9. The summed E-state index contributed by atoms with van der Waals surface area (Å²) in [6.45, 7) is 2.07. The Morgan fingerprint density at radius 2 is 1.88 bits per heavy atom. The molecular weight excluding hydrogens is 471 g/mol. The second-order valence-corrected chi connectivity index (χ2v) is 10.2. The SMILES string of the molecule is CN(Cc1ccc(C2=NCCN2)cc1)C(=O)C=CCN(C)S(=O)(=O)c1cc(Cl)ccc1Cl. The molecule has 1 N–H and O–H groups in total. The molecule has 0 aliphatic carbocycles. The highest BCUT2D eigenvalue weighted by Gasteiger charge is 2.23. The first-order chi connectivity index (χ1) is 15.2. The molecule has 1 amide bonds. The summed E-state index contributed by atoms with van der Waals surface area (Å²) in [6, 6.07) is 12.1. The van der Waals surface area contributed by atoms with Crippen LogP contribution in [0.2, 0.25) is 10.0 Å². The van der Waals surface area contributed by atoms with Crippen LogP contribution in [0, 0.1) is 0 Å². The zero-order valence-electron chi connectivity index (χ0n) is 17.8. The van der Waals surface area contributed by atoms with Gasteiger partial charge in [-0.25, -0.2) is 8.42 Å². The second kappa shape index (κ2) is 10.5. The normalized spacial score (nSPS) is 14.0. The zero-order chi connectivity index (χ0) is 23.3. The van der Waals surface area contributed by atoms with Crippen LogP contribution in [0.15, 0.2) is 64.5 Å². The van der Waals surface area contributed by atoms with Crippen LogP contribution in [-0.2, 0) is 21.4 Å². The molecule has 0 aromatic heterocycles. The summed E-state index contributed by atoms with van der Waals surface area (Å²) in [4.78, 5) is 18.3. The minimum atomic E-state index is -3.84. The van der Waals surface area contributed by atoms with Crippen LogP contribution in [0.1, 0.15) is 11.1 Å².